The molecule has 5 aromatic rings. The Morgan fingerprint density at radius 2 is 1.90 bits per heavy atom. The van der Waals surface area contributed by atoms with Gasteiger partial charge in [0.1, 0.15) is 17.8 Å². The normalized spacial score (nSPS) is 12.7. The van der Waals surface area contributed by atoms with Crippen LogP contribution in [0.2, 0.25) is 0 Å². The fourth-order valence-electron chi connectivity index (χ4n) is 4.88. The van der Waals surface area contributed by atoms with Crippen LogP contribution in [0.15, 0.2) is 79.0 Å². The highest BCUT2D eigenvalue weighted by Crippen LogP contribution is 2.35. The number of pyridine rings is 1. The highest BCUT2D eigenvalue weighted by atomic mass is 32.2. The number of rotatable bonds is 11. The molecule has 5 N–H and O–H groups in total. The van der Waals surface area contributed by atoms with E-state index < -0.39 is 17.4 Å². The molecule has 0 saturated heterocycles. The number of benzene rings is 3. The van der Waals surface area contributed by atoms with Gasteiger partial charge in [0.15, 0.2) is 0 Å². The molecule has 3 aromatic carbocycles. The van der Waals surface area contributed by atoms with Crippen LogP contribution in [0.4, 0.5) is 11.4 Å². The summed E-state index contributed by atoms with van der Waals surface area (Å²) in [5.74, 6) is -0.0528. The fraction of sp³-hybridized carbons (Fsp3) is 0.200. The molecule has 0 amide bonds. The third-order valence-electron chi connectivity index (χ3n) is 6.83. The quantitative estimate of drug-likeness (QED) is 0.0755. The number of carbonyl (C=O) groups is 1. The lowest BCUT2D eigenvalue weighted by molar-refractivity contribution is -0.143. The zero-order chi connectivity index (χ0) is 29.8. The molecular formula is C30H30N6O5S. The van der Waals surface area contributed by atoms with Gasteiger partial charge in [-0.2, -0.15) is 0 Å². The van der Waals surface area contributed by atoms with Crippen molar-refractivity contribution in [2.45, 2.75) is 32.4 Å². The van der Waals surface area contributed by atoms with Crippen LogP contribution in [-0.4, -0.2) is 46.8 Å². The van der Waals surface area contributed by atoms with E-state index in [-0.39, 0.29) is 18.2 Å². The molecule has 0 radical (unpaired) electrons. The molecule has 11 nitrogen and oxygen atoms in total. The lowest BCUT2D eigenvalue weighted by Crippen LogP contribution is -2.19. The standard InChI is InChI=1S/C30H30N6O5S/c1-2-41-26(37)9-5-17-35-24-15-14-22(36(42(39)40)25-8-3-6-19-7-4-16-33-27(19)25)18-23(24)34-30(35)28(38)20-10-12-21(13-11-20)29(31)32/h3-4,6-8,10-16,18,28,38H,2,5,9,17H2,1H3,(H3,31,32)(H,39,40). The summed E-state index contributed by atoms with van der Waals surface area (Å²) in [5.41, 5.74) is 9.24. The minimum Gasteiger partial charge on any atom is -0.466 e. The van der Waals surface area contributed by atoms with E-state index in [1.54, 1.807) is 73.8 Å². The van der Waals surface area contributed by atoms with Crippen LogP contribution in [0.5, 0.6) is 0 Å². The molecule has 0 spiro atoms. The van der Waals surface area contributed by atoms with Crippen LogP contribution in [0.25, 0.3) is 21.9 Å². The molecule has 216 valence electrons. The first kappa shape index (κ1) is 28.9. The van der Waals surface area contributed by atoms with Crippen molar-refractivity contribution in [1.82, 2.24) is 14.5 Å². The first-order valence-electron chi connectivity index (χ1n) is 13.3. The molecule has 0 aliphatic rings. The molecule has 0 aliphatic heterocycles. The number of anilines is 2. The van der Waals surface area contributed by atoms with Gasteiger partial charge in [0.2, 0.25) is 0 Å². The maximum atomic E-state index is 12.7. The van der Waals surface area contributed by atoms with Crippen molar-refractivity contribution in [2.75, 3.05) is 10.9 Å². The summed E-state index contributed by atoms with van der Waals surface area (Å²) in [6.07, 6.45) is 1.14. The van der Waals surface area contributed by atoms with Crippen LogP contribution >= 0.6 is 0 Å². The van der Waals surface area contributed by atoms with Gasteiger partial charge in [-0.15, -0.1) is 0 Å². The summed E-state index contributed by atoms with van der Waals surface area (Å²) < 4.78 is 31.2. The number of amidine groups is 1. The lowest BCUT2D eigenvalue weighted by Gasteiger charge is -2.21. The van der Waals surface area contributed by atoms with Gasteiger partial charge < -0.3 is 20.1 Å². The zero-order valence-electron chi connectivity index (χ0n) is 22.8. The number of fused-ring (bicyclic) bond motifs is 2. The van der Waals surface area contributed by atoms with Crippen LogP contribution in [0.1, 0.15) is 42.8 Å². The second-order valence-corrected chi connectivity index (χ2v) is 10.3. The number of para-hydroxylation sites is 1. The number of esters is 1. The molecule has 0 aliphatic carbocycles. The predicted octanol–water partition coefficient (Wildman–Crippen LogP) is 4.57. The monoisotopic (exact) mass is 586 g/mol. The number of ether oxygens (including phenoxy) is 1. The SMILES string of the molecule is CCOC(=O)CCCn1c(C(O)c2ccc(C(=N)N)cc2)nc2cc(N(c3cccc4cccnc34)S(=O)O)ccc21. The topological polar surface area (TPSA) is 168 Å². The van der Waals surface area contributed by atoms with Crippen molar-refractivity contribution in [2.24, 2.45) is 5.73 Å². The number of aliphatic hydroxyl groups is 1. The molecule has 12 heteroatoms. The van der Waals surface area contributed by atoms with Crippen molar-refractivity contribution in [3.63, 3.8) is 0 Å². The molecule has 5 rings (SSSR count). The van der Waals surface area contributed by atoms with E-state index in [9.17, 15) is 18.7 Å². The van der Waals surface area contributed by atoms with Crippen molar-refractivity contribution in [3.05, 3.63) is 95.9 Å². The van der Waals surface area contributed by atoms with Crippen molar-refractivity contribution in [3.8, 4) is 0 Å². The number of aromatic nitrogens is 3. The molecule has 42 heavy (non-hydrogen) atoms. The third kappa shape index (κ3) is 5.86. The van der Waals surface area contributed by atoms with Gasteiger partial charge in [-0.25, -0.2) is 13.5 Å². The van der Waals surface area contributed by atoms with Crippen LogP contribution < -0.4 is 10.0 Å². The van der Waals surface area contributed by atoms with Gasteiger partial charge in [-0.05, 0) is 49.2 Å². The fourth-order valence-corrected chi connectivity index (χ4v) is 5.49. The number of aliphatic hydroxyl groups excluding tert-OH is 1. The third-order valence-corrected chi connectivity index (χ3v) is 7.55. The largest absolute Gasteiger partial charge is 0.466 e. The molecule has 2 heterocycles. The van der Waals surface area contributed by atoms with Gasteiger partial charge in [0, 0.05) is 30.1 Å². The van der Waals surface area contributed by atoms with Crippen LogP contribution in [0, 0.1) is 5.41 Å². The van der Waals surface area contributed by atoms with E-state index in [0.29, 0.717) is 64.4 Å². The Morgan fingerprint density at radius 3 is 2.62 bits per heavy atom. The highest BCUT2D eigenvalue weighted by Gasteiger charge is 2.23. The van der Waals surface area contributed by atoms with Crippen molar-refractivity contribution >= 4 is 56.4 Å². The Hall–Kier alpha value is -4.65. The lowest BCUT2D eigenvalue weighted by atomic mass is 10.1. The number of carbonyl (C=O) groups excluding carboxylic acids is 1. The summed E-state index contributed by atoms with van der Waals surface area (Å²) in [6.45, 7) is 2.42. The molecule has 0 fully saturated rings. The summed E-state index contributed by atoms with van der Waals surface area (Å²) in [5, 5.41) is 19.8. The van der Waals surface area contributed by atoms with E-state index in [1.165, 1.54) is 4.31 Å². The maximum Gasteiger partial charge on any atom is 0.305 e. The summed E-state index contributed by atoms with van der Waals surface area (Å²) in [7, 11) is 0. The maximum absolute atomic E-state index is 12.7. The summed E-state index contributed by atoms with van der Waals surface area (Å²) in [4.78, 5) is 21.2. The number of hydrogen-bond donors (Lipinski definition) is 4. The van der Waals surface area contributed by atoms with E-state index in [4.69, 9.17) is 20.9 Å². The average molecular weight is 587 g/mol. The highest BCUT2D eigenvalue weighted by molar-refractivity contribution is 7.81. The number of aryl methyl sites for hydroxylation is 1. The Bertz CT molecular complexity index is 1780. The molecular weight excluding hydrogens is 556 g/mol. The van der Waals surface area contributed by atoms with Gasteiger partial charge in [0.05, 0.1) is 34.5 Å². The molecule has 2 atom stereocenters. The van der Waals surface area contributed by atoms with E-state index in [2.05, 4.69) is 4.98 Å². The van der Waals surface area contributed by atoms with Gasteiger partial charge in [0.25, 0.3) is 11.3 Å². The molecule has 2 unspecified atom stereocenters. The number of nitrogens with one attached hydrogen (secondary N) is 1. The predicted molar refractivity (Wildman–Crippen MR) is 162 cm³/mol. The van der Waals surface area contributed by atoms with Crippen molar-refractivity contribution < 1.29 is 23.4 Å². The van der Waals surface area contributed by atoms with Crippen molar-refractivity contribution in [1.29, 1.82) is 5.41 Å². The average Bonchev–Trinajstić information content (AvgIpc) is 3.34. The first-order chi connectivity index (χ1) is 20.3. The smallest absolute Gasteiger partial charge is 0.305 e. The Morgan fingerprint density at radius 1 is 1.14 bits per heavy atom. The van der Waals surface area contributed by atoms with Crippen LogP contribution in [-0.2, 0) is 27.3 Å². The Kier molecular flexibility index (Phi) is 8.57. The second-order valence-electron chi connectivity index (χ2n) is 9.52. The first-order valence-corrected chi connectivity index (χ1v) is 14.4. The number of hydrogen-bond acceptors (Lipinski definition) is 7. The van der Waals surface area contributed by atoms with Gasteiger partial charge in [-0.1, -0.05) is 42.5 Å². The molecule has 0 bridgehead atoms. The Balaban J connectivity index is 1.58. The Labute approximate surface area is 244 Å². The number of imidazole rings is 1. The van der Waals surface area contributed by atoms with Gasteiger partial charge in [-0.3, -0.25) is 19.7 Å². The summed E-state index contributed by atoms with van der Waals surface area (Å²) >= 11 is -2.43. The van der Waals surface area contributed by atoms with E-state index in [0.717, 1.165) is 5.39 Å². The number of nitrogen functional groups attached to an aromatic ring is 1. The molecule has 0 saturated carbocycles. The van der Waals surface area contributed by atoms with E-state index in [1.807, 2.05) is 16.7 Å². The number of nitrogens with zero attached hydrogens (tertiary/aromatic N) is 4. The second kappa shape index (κ2) is 12.5. The van der Waals surface area contributed by atoms with Crippen LogP contribution in [0.3, 0.4) is 0 Å². The summed E-state index contributed by atoms with van der Waals surface area (Å²) in [6, 6.07) is 20.9. The zero-order valence-corrected chi connectivity index (χ0v) is 23.6. The number of nitrogens with two attached hydrogens (primary N) is 1. The minimum absolute atomic E-state index is 0.0815. The molecule has 2 aromatic heterocycles. The minimum atomic E-state index is -2.43. The van der Waals surface area contributed by atoms with Gasteiger partial charge >= 0.3 is 5.97 Å². The van der Waals surface area contributed by atoms with E-state index >= 15 is 0 Å².